The van der Waals surface area contributed by atoms with Crippen molar-refractivity contribution in [2.24, 2.45) is 0 Å². The van der Waals surface area contributed by atoms with E-state index in [1.165, 1.54) is 0 Å². The normalized spacial score (nSPS) is 23.4. The Bertz CT molecular complexity index is 448. The molecule has 1 N–H and O–H groups in total. The van der Waals surface area contributed by atoms with Gasteiger partial charge in [-0.1, -0.05) is 0 Å². The van der Waals surface area contributed by atoms with Gasteiger partial charge in [-0.3, -0.25) is 0 Å². The summed E-state index contributed by atoms with van der Waals surface area (Å²) in [6, 6.07) is 0. The van der Waals surface area contributed by atoms with Crippen LogP contribution in [0.3, 0.4) is 0 Å². The Morgan fingerprint density at radius 1 is 0.833 bits per heavy atom. The van der Waals surface area contributed by atoms with Crippen molar-refractivity contribution in [2.75, 3.05) is 0 Å². The van der Waals surface area contributed by atoms with Crippen molar-refractivity contribution < 1.29 is 31.8 Å². The minimum atomic E-state index is -2.23. The molecule has 1 aliphatic carbocycles. The van der Waals surface area contributed by atoms with E-state index in [1.54, 1.807) is 0 Å². The van der Waals surface area contributed by atoms with E-state index >= 15 is 0 Å². The van der Waals surface area contributed by atoms with Crippen LogP contribution in [0.25, 0.3) is 0 Å². The van der Waals surface area contributed by atoms with Crippen LogP contribution in [-0.2, 0) is 0 Å². The first kappa shape index (κ1) is 13.1. The van der Waals surface area contributed by atoms with Gasteiger partial charge in [0.15, 0.2) is 5.75 Å². The summed E-state index contributed by atoms with van der Waals surface area (Å²) >= 11 is 0. The molecule has 1 saturated carbocycles. The first-order valence-electron chi connectivity index (χ1n) is 5.29. The van der Waals surface area contributed by atoms with Crippen molar-refractivity contribution in [3.63, 3.8) is 0 Å². The highest BCUT2D eigenvalue weighted by atomic mass is 19.2. The quantitative estimate of drug-likeness (QED) is 0.507. The highest BCUT2D eigenvalue weighted by Crippen LogP contribution is 2.32. The number of hydrogen-bond donors (Lipinski definition) is 1. The van der Waals surface area contributed by atoms with Gasteiger partial charge in [0.2, 0.25) is 29.1 Å². The molecule has 0 unspecified atom stereocenters. The van der Waals surface area contributed by atoms with E-state index in [0.717, 1.165) is 0 Å². The van der Waals surface area contributed by atoms with Crippen molar-refractivity contribution in [1.29, 1.82) is 0 Å². The smallest absolute Gasteiger partial charge is 0.207 e. The van der Waals surface area contributed by atoms with Crippen LogP contribution < -0.4 is 4.74 Å². The maximum absolute atomic E-state index is 13.3. The molecule has 0 bridgehead atoms. The van der Waals surface area contributed by atoms with Gasteiger partial charge in [0.05, 0.1) is 6.10 Å². The molecule has 1 fully saturated rings. The lowest BCUT2D eigenvalue weighted by molar-refractivity contribution is 0.0535. The van der Waals surface area contributed by atoms with Gasteiger partial charge in [-0.15, -0.1) is 0 Å². The summed E-state index contributed by atoms with van der Waals surface area (Å²) < 4.78 is 69.7. The van der Waals surface area contributed by atoms with Gasteiger partial charge in [0.1, 0.15) is 6.10 Å². The molecule has 7 heteroatoms. The van der Waals surface area contributed by atoms with Crippen molar-refractivity contribution in [3.05, 3.63) is 29.1 Å². The van der Waals surface area contributed by atoms with Crippen molar-refractivity contribution >= 4 is 0 Å². The number of benzene rings is 1. The second kappa shape index (κ2) is 4.72. The van der Waals surface area contributed by atoms with E-state index in [1.807, 2.05) is 0 Å². The molecular formula is C11H9F5O2. The molecule has 0 spiro atoms. The number of hydrogen-bond acceptors (Lipinski definition) is 2. The van der Waals surface area contributed by atoms with Crippen molar-refractivity contribution in [1.82, 2.24) is 0 Å². The van der Waals surface area contributed by atoms with Crippen LogP contribution in [-0.4, -0.2) is 17.3 Å². The molecule has 0 aliphatic heterocycles. The molecule has 0 aromatic heterocycles. The zero-order valence-electron chi connectivity index (χ0n) is 9.02. The van der Waals surface area contributed by atoms with Gasteiger partial charge >= 0.3 is 0 Å². The fraction of sp³-hybridized carbons (Fsp3) is 0.455. The minimum Gasteiger partial charge on any atom is -0.481 e. The number of aliphatic hydroxyl groups is 1. The van der Waals surface area contributed by atoms with Crippen LogP contribution in [0, 0.1) is 29.1 Å². The average molecular weight is 268 g/mol. The SMILES string of the molecule is O[C@H]1CCC[C@@H]1Oc1c(F)c(F)c(F)c(F)c1F. The topological polar surface area (TPSA) is 29.5 Å². The predicted molar refractivity (Wildman–Crippen MR) is 50.5 cm³/mol. The Morgan fingerprint density at radius 2 is 1.33 bits per heavy atom. The first-order chi connectivity index (χ1) is 8.43. The third-order valence-corrected chi connectivity index (χ3v) is 2.86. The highest BCUT2D eigenvalue weighted by Gasteiger charge is 2.32. The monoisotopic (exact) mass is 268 g/mol. The summed E-state index contributed by atoms with van der Waals surface area (Å²) in [5.74, 6) is -11.7. The van der Waals surface area contributed by atoms with Gasteiger partial charge in [0, 0.05) is 0 Å². The molecule has 1 aromatic rings. The summed E-state index contributed by atoms with van der Waals surface area (Å²) in [5, 5.41) is 9.39. The molecule has 1 aliphatic rings. The predicted octanol–water partition coefficient (Wildman–Crippen LogP) is 2.67. The molecule has 2 atom stereocenters. The standard InChI is InChI=1S/C11H9F5O2/c12-6-7(13)9(15)11(10(16)8(6)14)18-5-3-1-2-4(5)17/h4-5,17H,1-3H2/t4-,5-/m0/s1. The lowest BCUT2D eigenvalue weighted by Gasteiger charge is -2.18. The molecule has 18 heavy (non-hydrogen) atoms. The maximum atomic E-state index is 13.3. The number of halogens is 5. The number of aliphatic hydroxyl groups excluding tert-OH is 1. The van der Waals surface area contributed by atoms with Crippen molar-refractivity contribution in [2.45, 2.75) is 31.5 Å². The zero-order chi connectivity index (χ0) is 13.4. The van der Waals surface area contributed by atoms with E-state index in [2.05, 4.69) is 0 Å². The third kappa shape index (κ3) is 2.03. The summed E-state index contributed by atoms with van der Waals surface area (Å²) in [4.78, 5) is 0. The molecule has 0 saturated heterocycles. The Kier molecular flexibility index (Phi) is 3.43. The fourth-order valence-corrected chi connectivity index (χ4v) is 1.88. The molecule has 100 valence electrons. The summed E-state index contributed by atoms with van der Waals surface area (Å²) in [7, 11) is 0. The lowest BCUT2D eigenvalue weighted by atomic mass is 10.2. The Labute approximate surface area is 99.0 Å². The zero-order valence-corrected chi connectivity index (χ0v) is 9.02. The summed E-state index contributed by atoms with van der Waals surface area (Å²) in [6.07, 6.45) is -0.722. The van der Waals surface area contributed by atoms with Crippen LogP contribution in [0.2, 0.25) is 0 Å². The van der Waals surface area contributed by atoms with Gasteiger partial charge in [-0.05, 0) is 19.3 Å². The summed E-state index contributed by atoms with van der Waals surface area (Å²) in [5.41, 5.74) is 0. The van der Waals surface area contributed by atoms with Gasteiger partial charge in [-0.2, -0.15) is 8.78 Å². The van der Waals surface area contributed by atoms with Gasteiger partial charge in [-0.25, -0.2) is 13.2 Å². The van der Waals surface area contributed by atoms with E-state index in [-0.39, 0.29) is 0 Å². The Hall–Kier alpha value is -1.37. The van der Waals surface area contributed by atoms with Crippen LogP contribution in [0.4, 0.5) is 22.0 Å². The van der Waals surface area contributed by atoms with Crippen LogP contribution >= 0.6 is 0 Å². The highest BCUT2D eigenvalue weighted by molar-refractivity contribution is 5.30. The number of rotatable bonds is 2. The Morgan fingerprint density at radius 3 is 1.78 bits per heavy atom. The third-order valence-electron chi connectivity index (χ3n) is 2.86. The molecule has 2 rings (SSSR count). The first-order valence-corrected chi connectivity index (χ1v) is 5.29. The second-order valence-electron chi connectivity index (χ2n) is 4.05. The molecule has 0 amide bonds. The maximum Gasteiger partial charge on any atom is 0.207 e. The second-order valence-corrected chi connectivity index (χ2v) is 4.05. The molecular weight excluding hydrogens is 259 g/mol. The summed E-state index contributed by atoms with van der Waals surface area (Å²) in [6.45, 7) is 0. The number of ether oxygens (including phenoxy) is 1. The molecule has 2 nitrogen and oxygen atoms in total. The van der Waals surface area contributed by atoms with Crippen molar-refractivity contribution in [3.8, 4) is 5.75 Å². The lowest BCUT2D eigenvalue weighted by Crippen LogP contribution is -2.27. The van der Waals surface area contributed by atoms with Crippen LogP contribution in [0.15, 0.2) is 0 Å². The van der Waals surface area contributed by atoms with Gasteiger partial charge < -0.3 is 9.84 Å². The fourth-order valence-electron chi connectivity index (χ4n) is 1.88. The van der Waals surface area contributed by atoms with Gasteiger partial charge in [0.25, 0.3) is 0 Å². The molecule has 0 heterocycles. The average Bonchev–Trinajstić information content (AvgIpc) is 2.75. The minimum absolute atomic E-state index is 0.292. The Balaban J connectivity index is 2.38. The van der Waals surface area contributed by atoms with Crippen LogP contribution in [0.1, 0.15) is 19.3 Å². The van der Waals surface area contributed by atoms with Crippen LogP contribution in [0.5, 0.6) is 5.75 Å². The largest absolute Gasteiger partial charge is 0.481 e. The van der Waals surface area contributed by atoms with E-state index in [4.69, 9.17) is 4.74 Å². The van der Waals surface area contributed by atoms with E-state index in [9.17, 15) is 27.1 Å². The molecule has 1 aromatic carbocycles. The van der Waals surface area contributed by atoms with E-state index in [0.29, 0.717) is 19.3 Å². The molecule has 0 radical (unpaired) electrons. The van der Waals surface area contributed by atoms with E-state index < -0.39 is 47.0 Å².